The summed E-state index contributed by atoms with van der Waals surface area (Å²) in [7, 11) is 0.243. The van der Waals surface area contributed by atoms with Gasteiger partial charge >= 0.3 is 0 Å². The van der Waals surface area contributed by atoms with Gasteiger partial charge in [-0.3, -0.25) is 4.99 Å². The number of methoxy groups -OCH3 is 2. The van der Waals surface area contributed by atoms with Crippen LogP contribution in [0.2, 0.25) is 0 Å². The monoisotopic (exact) mass is 327 g/mol. The number of hydrogen-bond donors (Lipinski definition) is 2. The van der Waals surface area contributed by atoms with Gasteiger partial charge < -0.3 is 20.5 Å². The molecule has 22 heavy (non-hydrogen) atoms. The van der Waals surface area contributed by atoms with Crippen molar-refractivity contribution in [2.45, 2.75) is 6.42 Å². The fourth-order valence-electron chi connectivity index (χ4n) is 2.33. The molecule has 1 saturated heterocycles. The molecule has 0 aliphatic carbocycles. The van der Waals surface area contributed by atoms with Crippen LogP contribution in [0.5, 0.6) is 11.5 Å². The van der Waals surface area contributed by atoms with E-state index in [9.17, 15) is 8.42 Å². The Labute approximate surface area is 130 Å². The topological polar surface area (TPSA) is 103 Å². The summed E-state index contributed by atoms with van der Waals surface area (Å²) in [6.45, 7) is 0.393. The van der Waals surface area contributed by atoms with Crippen LogP contribution in [0.4, 0.5) is 5.69 Å². The summed E-state index contributed by atoms with van der Waals surface area (Å²) in [5.74, 6) is 1.96. The number of guanidine groups is 1. The molecule has 122 valence electrons. The molecule has 8 heteroatoms. The molecule has 7 nitrogen and oxygen atoms in total. The Kier molecular flexibility index (Phi) is 5.12. The zero-order valence-corrected chi connectivity index (χ0v) is 13.5. The third kappa shape index (κ3) is 4.27. The predicted octanol–water partition coefficient (Wildman–Crippen LogP) is 0.865. The van der Waals surface area contributed by atoms with Crippen molar-refractivity contribution in [2.24, 2.45) is 16.6 Å². The van der Waals surface area contributed by atoms with E-state index in [0.29, 0.717) is 30.2 Å². The lowest BCUT2D eigenvalue weighted by Crippen LogP contribution is -2.24. The zero-order chi connectivity index (χ0) is 16.2. The second-order valence-electron chi connectivity index (χ2n) is 5.19. The molecule has 0 amide bonds. The Hall–Kier alpha value is -1.96. The van der Waals surface area contributed by atoms with Crippen molar-refractivity contribution >= 4 is 21.5 Å². The van der Waals surface area contributed by atoms with Crippen LogP contribution in [0.3, 0.4) is 0 Å². The minimum absolute atomic E-state index is 0.0394. The molecule has 1 heterocycles. The Morgan fingerprint density at radius 1 is 1.41 bits per heavy atom. The fraction of sp³-hybridized carbons (Fsp3) is 0.500. The lowest BCUT2D eigenvalue weighted by atomic mass is 10.1. The van der Waals surface area contributed by atoms with E-state index in [-0.39, 0.29) is 23.4 Å². The molecular weight excluding hydrogens is 306 g/mol. The van der Waals surface area contributed by atoms with Gasteiger partial charge in [0.1, 0.15) is 11.5 Å². The van der Waals surface area contributed by atoms with Crippen molar-refractivity contribution in [2.75, 3.05) is 37.6 Å². The first-order valence-electron chi connectivity index (χ1n) is 6.93. The van der Waals surface area contributed by atoms with E-state index < -0.39 is 9.84 Å². The van der Waals surface area contributed by atoms with Crippen LogP contribution in [0.15, 0.2) is 23.2 Å². The summed E-state index contributed by atoms with van der Waals surface area (Å²) < 4.78 is 33.2. The molecule has 1 aromatic carbocycles. The number of nitrogens with two attached hydrogens (primary N) is 1. The first-order valence-corrected chi connectivity index (χ1v) is 8.75. The molecule has 0 aromatic heterocycles. The van der Waals surface area contributed by atoms with Gasteiger partial charge in [0.25, 0.3) is 0 Å². The highest BCUT2D eigenvalue weighted by atomic mass is 32.2. The first-order chi connectivity index (χ1) is 10.4. The number of sulfone groups is 1. The number of anilines is 1. The highest BCUT2D eigenvalue weighted by molar-refractivity contribution is 7.91. The quantitative estimate of drug-likeness (QED) is 0.614. The number of nitrogens with one attached hydrogen (secondary N) is 1. The van der Waals surface area contributed by atoms with Crippen LogP contribution in [0.25, 0.3) is 0 Å². The second kappa shape index (κ2) is 6.87. The number of hydrogen-bond acceptors (Lipinski definition) is 5. The number of nitrogens with zero attached hydrogens (tertiary/aromatic N) is 1. The summed E-state index contributed by atoms with van der Waals surface area (Å²) in [5, 5.41) is 2.95. The molecular formula is C14H21N3O4S. The molecule has 0 saturated carbocycles. The number of aliphatic imine (C=N–C) groups is 1. The van der Waals surface area contributed by atoms with E-state index in [1.807, 2.05) is 0 Å². The number of rotatable bonds is 5. The summed E-state index contributed by atoms with van der Waals surface area (Å²) in [5.41, 5.74) is 6.50. The van der Waals surface area contributed by atoms with Crippen LogP contribution in [-0.4, -0.2) is 46.6 Å². The van der Waals surface area contributed by atoms with Crippen molar-refractivity contribution in [3.05, 3.63) is 18.2 Å². The third-order valence-corrected chi connectivity index (χ3v) is 5.35. The minimum atomic E-state index is -2.89. The van der Waals surface area contributed by atoms with E-state index in [0.717, 1.165) is 0 Å². The maximum atomic E-state index is 11.4. The molecule has 0 spiro atoms. The van der Waals surface area contributed by atoms with Gasteiger partial charge in [0, 0.05) is 12.6 Å². The average Bonchev–Trinajstić information content (AvgIpc) is 2.84. The van der Waals surface area contributed by atoms with Crippen LogP contribution in [0, 0.1) is 5.92 Å². The number of ether oxygens (including phenoxy) is 2. The van der Waals surface area contributed by atoms with Crippen molar-refractivity contribution < 1.29 is 17.9 Å². The smallest absolute Gasteiger partial charge is 0.193 e. The molecule has 1 aliphatic heterocycles. The Balaban J connectivity index is 2.02. The molecule has 1 atom stereocenters. The van der Waals surface area contributed by atoms with Crippen LogP contribution in [-0.2, 0) is 9.84 Å². The highest BCUT2D eigenvalue weighted by Crippen LogP contribution is 2.28. The number of benzene rings is 1. The first kappa shape index (κ1) is 16.4. The van der Waals surface area contributed by atoms with E-state index >= 15 is 0 Å². The third-order valence-electron chi connectivity index (χ3n) is 3.52. The standard InChI is InChI=1S/C14H21N3O4S/c1-20-11-3-4-13(21-2)12(7-11)17-14(15)16-8-10-5-6-22(18,19)9-10/h3-4,7,10H,5-6,8-9H2,1-2H3,(H3,15,16,17). The van der Waals surface area contributed by atoms with Crippen molar-refractivity contribution in [1.82, 2.24) is 0 Å². The van der Waals surface area contributed by atoms with Crippen molar-refractivity contribution in [3.8, 4) is 11.5 Å². The summed E-state index contributed by atoms with van der Waals surface area (Å²) in [6, 6.07) is 5.29. The lowest BCUT2D eigenvalue weighted by Gasteiger charge is -2.12. The van der Waals surface area contributed by atoms with Gasteiger partial charge in [0.2, 0.25) is 0 Å². The molecule has 1 unspecified atom stereocenters. The van der Waals surface area contributed by atoms with E-state index in [2.05, 4.69) is 10.3 Å². The van der Waals surface area contributed by atoms with E-state index in [1.54, 1.807) is 32.4 Å². The van der Waals surface area contributed by atoms with Gasteiger partial charge in [-0.15, -0.1) is 0 Å². The summed E-state index contributed by atoms with van der Waals surface area (Å²) >= 11 is 0. The molecule has 3 N–H and O–H groups in total. The fourth-order valence-corrected chi connectivity index (χ4v) is 4.18. The zero-order valence-electron chi connectivity index (χ0n) is 12.7. The largest absolute Gasteiger partial charge is 0.497 e. The molecule has 1 fully saturated rings. The SMILES string of the molecule is COc1ccc(OC)c(NC(N)=NCC2CCS(=O)(=O)C2)c1. The predicted molar refractivity (Wildman–Crippen MR) is 86.4 cm³/mol. The van der Waals surface area contributed by atoms with E-state index in [1.165, 1.54) is 0 Å². The Morgan fingerprint density at radius 3 is 2.77 bits per heavy atom. The molecule has 0 radical (unpaired) electrons. The molecule has 0 bridgehead atoms. The second-order valence-corrected chi connectivity index (χ2v) is 7.41. The van der Waals surface area contributed by atoms with Crippen LogP contribution < -0.4 is 20.5 Å². The van der Waals surface area contributed by atoms with Gasteiger partial charge in [-0.1, -0.05) is 0 Å². The minimum Gasteiger partial charge on any atom is -0.497 e. The normalized spacial score (nSPS) is 20.6. The molecule has 1 aliphatic rings. The Bertz CT molecular complexity index is 658. The van der Waals surface area contributed by atoms with Gasteiger partial charge in [-0.05, 0) is 24.5 Å². The van der Waals surface area contributed by atoms with E-state index in [4.69, 9.17) is 15.2 Å². The van der Waals surface area contributed by atoms with Crippen molar-refractivity contribution in [1.29, 1.82) is 0 Å². The van der Waals surface area contributed by atoms with Crippen LogP contribution in [0.1, 0.15) is 6.42 Å². The van der Waals surface area contributed by atoms with Gasteiger partial charge in [0.15, 0.2) is 15.8 Å². The highest BCUT2D eigenvalue weighted by Gasteiger charge is 2.27. The molecule has 1 aromatic rings. The molecule has 2 rings (SSSR count). The Morgan fingerprint density at radius 2 is 2.18 bits per heavy atom. The average molecular weight is 327 g/mol. The van der Waals surface area contributed by atoms with Gasteiger partial charge in [-0.25, -0.2) is 8.42 Å². The van der Waals surface area contributed by atoms with Gasteiger partial charge in [0.05, 0.1) is 31.4 Å². The summed E-state index contributed by atoms with van der Waals surface area (Å²) in [4.78, 5) is 4.22. The van der Waals surface area contributed by atoms with Crippen molar-refractivity contribution in [3.63, 3.8) is 0 Å². The lowest BCUT2D eigenvalue weighted by molar-refractivity contribution is 0.405. The maximum Gasteiger partial charge on any atom is 0.193 e. The summed E-state index contributed by atoms with van der Waals surface area (Å²) in [6.07, 6.45) is 0.640. The maximum absolute atomic E-state index is 11.4. The van der Waals surface area contributed by atoms with Gasteiger partial charge in [-0.2, -0.15) is 0 Å². The van der Waals surface area contributed by atoms with Crippen LogP contribution >= 0.6 is 0 Å².